The highest BCUT2D eigenvalue weighted by Crippen LogP contribution is 2.22. The molecule has 0 aromatic carbocycles. The molecule has 0 atom stereocenters. The second-order valence-electron chi connectivity index (χ2n) is 4.47. The van der Waals surface area contributed by atoms with Gasteiger partial charge in [0.1, 0.15) is 0 Å². The van der Waals surface area contributed by atoms with Crippen LogP contribution in [0.4, 0.5) is 5.00 Å². The maximum Gasteiger partial charge on any atom is 0.225 e. The molecule has 0 radical (unpaired) electrons. The van der Waals surface area contributed by atoms with Gasteiger partial charge in [-0.05, 0) is 44.2 Å². The number of carbonyl (C=O) groups is 1. The minimum Gasteiger partial charge on any atom is -0.326 e. The van der Waals surface area contributed by atoms with Crippen molar-refractivity contribution in [1.82, 2.24) is 0 Å². The van der Waals surface area contributed by atoms with Gasteiger partial charge in [-0.25, -0.2) is 0 Å². The van der Waals surface area contributed by atoms with Gasteiger partial charge >= 0.3 is 0 Å². The Kier molecular flexibility index (Phi) is 3.88. The lowest BCUT2D eigenvalue weighted by Gasteiger charge is -2.17. The molecule has 0 bridgehead atoms. The van der Waals surface area contributed by atoms with E-state index in [-0.39, 0.29) is 11.4 Å². The first-order chi connectivity index (χ1) is 6.88. The molecule has 1 amide bonds. The predicted molar refractivity (Wildman–Crippen MR) is 65.2 cm³/mol. The molecule has 4 heteroatoms. The van der Waals surface area contributed by atoms with Gasteiger partial charge in [0.15, 0.2) is 0 Å². The van der Waals surface area contributed by atoms with Crippen molar-refractivity contribution in [3.63, 3.8) is 0 Å². The van der Waals surface area contributed by atoms with E-state index in [1.165, 1.54) is 0 Å². The van der Waals surface area contributed by atoms with Crippen molar-refractivity contribution < 1.29 is 4.79 Å². The zero-order valence-electron chi connectivity index (χ0n) is 9.46. The smallest absolute Gasteiger partial charge is 0.225 e. The van der Waals surface area contributed by atoms with Gasteiger partial charge in [-0.3, -0.25) is 4.79 Å². The van der Waals surface area contributed by atoms with Crippen LogP contribution in [0, 0.1) is 6.92 Å². The number of rotatable bonds is 4. The van der Waals surface area contributed by atoms with Crippen LogP contribution in [0.3, 0.4) is 0 Å². The van der Waals surface area contributed by atoms with Crippen molar-refractivity contribution in [2.75, 3.05) is 5.32 Å². The standard InChI is InChI=1S/C11H18N2OS/c1-8-5-7-15-10(8)13-9(14)4-6-11(2,3)12/h5,7H,4,6,12H2,1-3H3,(H,13,14). The normalized spacial score (nSPS) is 11.5. The number of hydrogen-bond donors (Lipinski definition) is 2. The highest BCUT2D eigenvalue weighted by atomic mass is 32.1. The lowest BCUT2D eigenvalue weighted by molar-refractivity contribution is -0.116. The molecule has 0 unspecified atom stereocenters. The molecule has 1 rings (SSSR count). The van der Waals surface area contributed by atoms with E-state index in [0.717, 1.165) is 10.6 Å². The van der Waals surface area contributed by atoms with Crippen LogP contribution in [0.5, 0.6) is 0 Å². The number of amides is 1. The molecule has 3 nitrogen and oxygen atoms in total. The Morgan fingerprint density at radius 3 is 2.73 bits per heavy atom. The lowest BCUT2D eigenvalue weighted by atomic mass is 10.00. The first-order valence-corrected chi connectivity index (χ1v) is 5.89. The lowest BCUT2D eigenvalue weighted by Crippen LogP contribution is -2.33. The summed E-state index contributed by atoms with van der Waals surface area (Å²) in [6.45, 7) is 5.84. The van der Waals surface area contributed by atoms with Crippen LogP contribution in [-0.2, 0) is 4.79 Å². The number of thiophene rings is 1. The highest BCUT2D eigenvalue weighted by Gasteiger charge is 2.13. The molecule has 1 aromatic rings. The summed E-state index contributed by atoms with van der Waals surface area (Å²) >= 11 is 1.55. The highest BCUT2D eigenvalue weighted by molar-refractivity contribution is 7.14. The first-order valence-electron chi connectivity index (χ1n) is 5.01. The zero-order chi connectivity index (χ0) is 11.5. The second-order valence-corrected chi connectivity index (χ2v) is 5.39. The van der Waals surface area contributed by atoms with Crippen molar-refractivity contribution >= 4 is 22.2 Å². The average Bonchev–Trinajstić information content (AvgIpc) is 2.47. The molecule has 84 valence electrons. The molecule has 0 aliphatic rings. The Morgan fingerprint density at radius 2 is 2.27 bits per heavy atom. The molecule has 0 saturated carbocycles. The molecule has 1 heterocycles. The quantitative estimate of drug-likeness (QED) is 0.828. The van der Waals surface area contributed by atoms with E-state index in [0.29, 0.717) is 12.8 Å². The van der Waals surface area contributed by atoms with Gasteiger partial charge in [0, 0.05) is 12.0 Å². The summed E-state index contributed by atoms with van der Waals surface area (Å²) in [5.41, 5.74) is 6.65. The number of nitrogens with one attached hydrogen (secondary N) is 1. The monoisotopic (exact) mass is 226 g/mol. The molecule has 15 heavy (non-hydrogen) atoms. The Balaban J connectivity index is 2.41. The number of nitrogens with two attached hydrogens (primary N) is 1. The van der Waals surface area contributed by atoms with Crippen LogP contribution in [-0.4, -0.2) is 11.4 Å². The van der Waals surface area contributed by atoms with Gasteiger partial charge in [-0.1, -0.05) is 0 Å². The molecule has 1 aromatic heterocycles. The molecular formula is C11H18N2OS. The van der Waals surface area contributed by atoms with Gasteiger partial charge in [-0.15, -0.1) is 11.3 Å². The largest absolute Gasteiger partial charge is 0.326 e. The van der Waals surface area contributed by atoms with Gasteiger partial charge < -0.3 is 11.1 Å². The van der Waals surface area contributed by atoms with Gasteiger partial charge in [-0.2, -0.15) is 0 Å². The molecule has 0 spiro atoms. The molecule has 3 N–H and O–H groups in total. The first kappa shape index (κ1) is 12.2. The van der Waals surface area contributed by atoms with Gasteiger partial charge in [0.05, 0.1) is 5.00 Å². The van der Waals surface area contributed by atoms with Crippen molar-refractivity contribution in [1.29, 1.82) is 0 Å². The fourth-order valence-electron chi connectivity index (χ4n) is 1.13. The van der Waals surface area contributed by atoms with E-state index < -0.39 is 0 Å². The Morgan fingerprint density at radius 1 is 1.60 bits per heavy atom. The van der Waals surface area contributed by atoms with Crippen LogP contribution in [0.1, 0.15) is 32.3 Å². The molecule has 0 aliphatic carbocycles. The predicted octanol–water partition coefficient (Wildman–Crippen LogP) is 2.51. The summed E-state index contributed by atoms with van der Waals surface area (Å²) in [7, 11) is 0. The summed E-state index contributed by atoms with van der Waals surface area (Å²) in [4.78, 5) is 11.5. The maximum absolute atomic E-state index is 11.5. The third-order valence-electron chi connectivity index (χ3n) is 2.11. The minimum absolute atomic E-state index is 0.0408. The summed E-state index contributed by atoms with van der Waals surface area (Å²) < 4.78 is 0. The van der Waals surface area contributed by atoms with Crippen molar-refractivity contribution in [2.45, 2.75) is 39.2 Å². The van der Waals surface area contributed by atoms with E-state index in [1.807, 2.05) is 32.2 Å². The fourth-order valence-corrected chi connectivity index (χ4v) is 1.96. The molecular weight excluding hydrogens is 208 g/mol. The molecule has 0 saturated heterocycles. The fraction of sp³-hybridized carbons (Fsp3) is 0.545. The third-order valence-corrected chi connectivity index (χ3v) is 3.04. The third kappa shape index (κ3) is 4.44. The van der Waals surface area contributed by atoms with Crippen LogP contribution in [0.15, 0.2) is 11.4 Å². The van der Waals surface area contributed by atoms with E-state index in [1.54, 1.807) is 11.3 Å². The number of aryl methyl sites for hydroxylation is 1. The van der Waals surface area contributed by atoms with E-state index >= 15 is 0 Å². The van der Waals surface area contributed by atoms with Crippen LogP contribution in [0.2, 0.25) is 0 Å². The maximum atomic E-state index is 11.5. The number of hydrogen-bond acceptors (Lipinski definition) is 3. The van der Waals surface area contributed by atoms with Crippen molar-refractivity contribution in [2.24, 2.45) is 5.73 Å². The van der Waals surface area contributed by atoms with Crippen LogP contribution >= 0.6 is 11.3 Å². The Labute approximate surface area is 94.7 Å². The zero-order valence-corrected chi connectivity index (χ0v) is 10.3. The van der Waals surface area contributed by atoms with E-state index in [2.05, 4.69) is 5.32 Å². The summed E-state index contributed by atoms with van der Waals surface area (Å²) in [6.07, 6.45) is 1.17. The van der Waals surface area contributed by atoms with Crippen LogP contribution < -0.4 is 11.1 Å². The number of anilines is 1. The van der Waals surface area contributed by atoms with Gasteiger partial charge in [0.2, 0.25) is 5.91 Å². The van der Waals surface area contributed by atoms with E-state index in [9.17, 15) is 4.79 Å². The van der Waals surface area contributed by atoms with Crippen molar-refractivity contribution in [3.05, 3.63) is 17.0 Å². The Bertz CT molecular complexity index is 339. The molecule has 0 fully saturated rings. The number of carbonyl (C=O) groups excluding carboxylic acids is 1. The second kappa shape index (κ2) is 4.77. The summed E-state index contributed by atoms with van der Waals surface area (Å²) in [5.74, 6) is 0.0408. The summed E-state index contributed by atoms with van der Waals surface area (Å²) in [6, 6.07) is 1.99. The average molecular weight is 226 g/mol. The Hall–Kier alpha value is -0.870. The van der Waals surface area contributed by atoms with E-state index in [4.69, 9.17) is 5.73 Å². The van der Waals surface area contributed by atoms with Gasteiger partial charge in [0.25, 0.3) is 0 Å². The summed E-state index contributed by atoms with van der Waals surface area (Å²) in [5, 5.41) is 5.80. The molecule has 0 aliphatic heterocycles. The minimum atomic E-state index is -0.276. The SMILES string of the molecule is Cc1ccsc1NC(=O)CCC(C)(C)N. The topological polar surface area (TPSA) is 55.1 Å². The van der Waals surface area contributed by atoms with Crippen molar-refractivity contribution in [3.8, 4) is 0 Å². The van der Waals surface area contributed by atoms with Crippen LogP contribution in [0.25, 0.3) is 0 Å².